The Hall–Kier alpha value is -1.83. The zero-order valence-corrected chi connectivity index (χ0v) is 15.7. The van der Waals surface area contributed by atoms with Crippen LogP contribution in [0.2, 0.25) is 5.02 Å². The van der Waals surface area contributed by atoms with E-state index in [1.165, 1.54) is 15.8 Å². The van der Waals surface area contributed by atoms with Gasteiger partial charge in [0.25, 0.3) is 5.56 Å². The lowest BCUT2D eigenvalue weighted by Crippen LogP contribution is -2.33. The van der Waals surface area contributed by atoms with E-state index in [0.717, 1.165) is 11.5 Å². The molecule has 8 heteroatoms. The predicted octanol–water partition coefficient (Wildman–Crippen LogP) is 3.16. The number of carbonyl (C=O) groups is 1. The highest BCUT2D eigenvalue weighted by molar-refractivity contribution is 7.98. The Kier molecular flexibility index (Phi) is 6.12. The maximum atomic E-state index is 12.4. The van der Waals surface area contributed by atoms with Crippen molar-refractivity contribution in [2.24, 2.45) is 0 Å². The quantitative estimate of drug-likeness (QED) is 0.626. The van der Waals surface area contributed by atoms with Crippen molar-refractivity contribution in [3.8, 4) is 0 Å². The number of benzene rings is 1. The Bertz CT molecular complexity index is 925. The van der Waals surface area contributed by atoms with Gasteiger partial charge in [-0.1, -0.05) is 17.7 Å². The summed E-state index contributed by atoms with van der Waals surface area (Å²) in [5.74, 6) is 1.56. The average Bonchev–Trinajstić information content (AvgIpc) is 3.11. The lowest BCUT2D eigenvalue weighted by molar-refractivity contribution is -0.121. The van der Waals surface area contributed by atoms with Gasteiger partial charge in [-0.05, 0) is 29.6 Å². The summed E-state index contributed by atoms with van der Waals surface area (Å²) in [5.41, 5.74) is 0.297. The fraction of sp³-hybridized carbons (Fsp3) is 0.235. The number of carbonyl (C=O) groups excluding carboxylic acids is 1. The van der Waals surface area contributed by atoms with E-state index in [2.05, 4.69) is 21.7 Å². The van der Waals surface area contributed by atoms with E-state index < -0.39 is 0 Å². The molecule has 3 aromatic rings. The first-order chi connectivity index (χ1) is 12.1. The molecule has 130 valence electrons. The highest BCUT2D eigenvalue weighted by atomic mass is 35.5. The number of rotatable bonds is 7. The molecular formula is C17H16ClN3O2S2. The van der Waals surface area contributed by atoms with Crippen molar-refractivity contribution in [2.45, 2.75) is 12.3 Å². The third kappa shape index (κ3) is 4.84. The average molecular weight is 394 g/mol. The Labute approximate surface area is 158 Å². The van der Waals surface area contributed by atoms with E-state index in [9.17, 15) is 9.59 Å². The van der Waals surface area contributed by atoms with Crippen molar-refractivity contribution in [3.63, 3.8) is 0 Å². The van der Waals surface area contributed by atoms with Crippen LogP contribution in [0.25, 0.3) is 10.9 Å². The van der Waals surface area contributed by atoms with Gasteiger partial charge in [-0.15, -0.1) is 11.3 Å². The molecule has 0 saturated carbocycles. The van der Waals surface area contributed by atoms with Gasteiger partial charge in [-0.3, -0.25) is 14.2 Å². The minimum absolute atomic E-state index is 0.0517. The van der Waals surface area contributed by atoms with Gasteiger partial charge in [0.05, 0.1) is 17.2 Å². The lowest BCUT2D eigenvalue weighted by atomic mass is 10.2. The van der Waals surface area contributed by atoms with Crippen LogP contribution in [0.1, 0.15) is 4.88 Å². The third-order valence-corrected chi connectivity index (χ3v) is 5.80. The number of halogens is 1. The molecule has 0 saturated heterocycles. The Balaban J connectivity index is 1.51. The standard InChI is InChI=1S/C17H16ClN3O2S2/c18-12-3-4-15-14(8-12)17(23)21(11-20-15)9-16(22)19-5-7-24-10-13-2-1-6-25-13/h1-4,6,8,11H,5,7,9-10H2,(H,19,22). The smallest absolute Gasteiger partial charge is 0.261 e. The molecule has 0 aliphatic rings. The van der Waals surface area contributed by atoms with E-state index in [4.69, 9.17) is 11.6 Å². The molecule has 0 aliphatic carbocycles. The first kappa shape index (κ1) is 18.0. The number of thiophene rings is 1. The van der Waals surface area contributed by atoms with Gasteiger partial charge in [0.1, 0.15) is 6.54 Å². The predicted molar refractivity (Wildman–Crippen MR) is 105 cm³/mol. The molecule has 0 unspecified atom stereocenters. The molecule has 25 heavy (non-hydrogen) atoms. The van der Waals surface area contributed by atoms with Gasteiger partial charge >= 0.3 is 0 Å². The molecule has 1 aromatic carbocycles. The van der Waals surface area contributed by atoms with Crippen LogP contribution >= 0.6 is 34.7 Å². The molecule has 0 radical (unpaired) electrons. The summed E-state index contributed by atoms with van der Waals surface area (Å²) in [6.07, 6.45) is 1.39. The summed E-state index contributed by atoms with van der Waals surface area (Å²) in [6, 6.07) is 9.07. The fourth-order valence-corrected chi connectivity index (χ4v) is 4.16. The second-order valence-corrected chi connectivity index (χ2v) is 7.89. The van der Waals surface area contributed by atoms with E-state index in [1.54, 1.807) is 41.3 Å². The van der Waals surface area contributed by atoms with Crippen LogP contribution in [0.5, 0.6) is 0 Å². The first-order valence-electron chi connectivity index (χ1n) is 7.65. The molecule has 1 amide bonds. The number of aromatic nitrogens is 2. The van der Waals surface area contributed by atoms with Gasteiger partial charge in [0, 0.05) is 28.0 Å². The van der Waals surface area contributed by atoms with Gasteiger partial charge in [0.2, 0.25) is 5.91 Å². The van der Waals surface area contributed by atoms with Gasteiger partial charge in [-0.25, -0.2) is 4.98 Å². The summed E-state index contributed by atoms with van der Waals surface area (Å²) in [7, 11) is 0. The monoisotopic (exact) mass is 393 g/mol. The second-order valence-electron chi connectivity index (χ2n) is 5.32. The molecule has 0 bridgehead atoms. The number of amides is 1. The maximum absolute atomic E-state index is 12.4. The molecule has 2 aromatic heterocycles. The third-order valence-electron chi connectivity index (χ3n) is 3.49. The maximum Gasteiger partial charge on any atom is 0.261 e. The van der Waals surface area contributed by atoms with Crippen LogP contribution < -0.4 is 10.9 Å². The van der Waals surface area contributed by atoms with Gasteiger partial charge < -0.3 is 5.32 Å². The van der Waals surface area contributed by atoms with Crippen molar-refractivity contribution in [2.75, 3.05) is 12.3 Å². The molecule has 0 spiro atoms. The molecule has 1 N–H and O–H groups in total. The van der Waals surface area contributed by atoms with E-state index in [0.29, 0.717) is 22.5 Å². The SMILES string of the molecule is O=C(Cn1cnc2ccc(Cl)cc2c1=O)NCCSCc1cccs1. The molecule has 0 atom stereocenters. The molecule has 0 aliphatic heterocycles. The number of nitrogens with one attached hydrogen (secondary N) is 1. The fourth-order valence-electron chi connectivity index (χ4n) is 2.28. The molecule has 5 nitrogen and oxygen atoms in total. The largest absolute Gasteiger partial charge is 0.354 e. The van der Waals surface area contributed by atoms with Gasteiger partial charge in [-0.2, -0.15) is 11.8 Å². The van der Waals surface area contributed by atoms with Crippen molar-refractivity contribution in [1.82, 2.24) is 14.9 Å². The lowest BCUT2D eigenvalue weighted by Gasteiger charge is -2.08. The van der Waals surface area contributed by atoms with Crippen LogP contribution in [0.4, 0.5) is 0 Å². The zero-order chi connectivity index (χ0) is 17.6. The number of hydrogen-bond donors (Lipinski definition) is 1. The van der Waals surface area contributed by atoms with Crippen LogP contribution in [0.3, 0.4) is 0 Å². The number of thioether (sulfide) groups is 1. The molecule has 2 heterocycles. The number of hydrogen-bond acceptors (Lipinski definition) is 5. The summed E-state index contributed by atoms with van der Waals surface area (Å²) < 4.78 is 1.30. The van der Waals surface area contributed by atoms with Crippen LogP contribution in [-0.4, -0.2) is 27.8 Å². The van der Waals surface area contributed by atoms with E-state index >= 15 is 0 Å². The van der Waals surface area contributed by atoms with Crippen molar-refractivity contribution >= 4 is 51.5 Å². The molecule has 3 rings (SSSR count). The summed E-state index contributed by atoms with van der Waals surface area (Å²) in [6.45, 7) is 0.514. The van der Waals surface area contributed by atoms with Crippen LogP contribution in [0, 0.1) is 0 Å². The number of fused-ring (bicyclic) bond motifs is 1. The minimum atomic E-state index is -0.269. The molecule has 0 fully saturated rings. The molecular weight excluding hydrogens is 378 g/mol. The zero-order valence-electron chi connectivity index (χ0n) is 13.3. The first-order valence-corrected chi connectivity index (χ1v) is 10.1. The van der Waals surface area contributed by atoms with Gasteiger partial charge in [0.15, 0.2) is 0 Å². The van der Waals surface area contributed by atoms with Crippen LogP contribution in [-0.2, 0) is 17.1 Å². The normalized spacial score (nSPS) is 10.9. The second kappa shape index (κ2) is 8.51. The van der Waals surface area contributed by atoms with Crippen molar-refractivity contribution < 1.29 is 4.79 Å². The number of nitrogens with zero attached hydrogens (tertiary/aromatic N) is 2. The Morgan fingerprint density at radius 2 is 2.24 bits per heavy atom. The van der Waals surface area contributed by atoms with Crippen LogP contribution in [0.15, 0.2) is 46.8 Å². The summed E-state index contributed by atoms with van der Waals surface area (Å²) in [4.78, 5) is 30.0. The van der Waals surface area contributed by atoms with Crippen molar-refractivity contribution in [1.29, 1.82) is 0 Å². The van der Waals surface area contributed by atoms with E-state index in [1.807, 2.05) is 6.07 Å². The summed E-state index contributed by atoms with van der Waals surface area (Å²) >= 11 is 9.42. The van der Waals surface area contributed by atoms with E-state index in [-0.39, 0.29) is 18.0 Å². The van der Waals surface area contributed by atoms with Crippen molar-refractivity contribution in [3.05, 3.63) is 62.3 Å². The topological polar surface area (TPSA) is 64.0 Å². The minimum Gasteiger partial charge on any atom is -0.354 e. The highest BCUT2D eigenvalue weighted by Crippen LogP contribution is 2.16. The Morgan fingerprint density at radius 1 is 1.36 bits per heavy atom. The summed E-state index contributed by atoms with van der Waals surface area (Å²) in [5, 5.41) is 5.76. The Morgan fingerprint density at radius 3 is 3.04 bits per heavy atom. The highest BCUT2D eigenvalue weighted by Gasteiger charge is 2.08.